The number of carbonyl (C=O) groups is 2. The molecule has 5 nitrogen and oxygen atoms in total. The summed E-state index contributed by atoms with van der Waals surface area (Å²) in [6.45, 7) is 6.09. The minimum atomic E-state index is -0.674. The van der Waals surface area contributed by atoms with Gasteiger partial charge in [0.05, 0.1) is 12.2 Å². The van der Waals surface area contributed by atoms with Gasteiger partial charge in [0.25, 0.3) is 0 Å². The summed E-state index contributed by atoms with van der Waals surface area (Å²) in [5.41, 5.74) is -0.163. The number of piperazine rings is 1. The van der Waals surface area contributed by atoms with E-state index in [-0.39, 0.29) is 24.1 Å². The Balaban J connectivity index is 1.83. The lowest BCUT2D eigenvalue weighted by Gasteiger charge is -2.35. The van der Waals surface area contributed by atoms with Crippen LogP contribution in [-0.4, -0.2) is 54.3 Å². The first-order valence-corrected chi connectivity index (χ1v) is 7.63. The number of rotatable bonds is 4. The molecule has 1 aromatic carbocycles. The van der Waals surface area contributed by atoms with Crippen molar-refractivity contribution in [1.29, 1.82) is 0 Å². The summed E-state index contributed by atoms with van der Waals surface area (Å²) in [6, 6.07) is 2.92. The fourth-order valence-electron chi connectivity index (χ4n) is 2.48. The van der Waals surface area contributed by atoms with Gasteiger partial charge in [-0.3, -0.25) is 14.5 Å². The molecule has 1 fully saturated rings. The molecule has 0 saturated carbocycles. The van der Waals surface area contributed by atoms with Gasteiger partial charge in [0.1, 0.15) is 11.6 Å². The van der Waals surface area contributed by atoms with Crippen LogP contribution in [-0.2, 0) is 9.59 Å². The van der Waals surface area contributed by atoms with Gasteiger partial charge in [-0.1, -0.05) is 13.8 Å². The predicted molar refractivity (Wildman–Crippen MR) is 82.8 cm³/mol. The van der Waals surface area contributed by atoms with Gasteiger partial charge in [-0.05, 0) is 12.1 Å². The van der Waals surface area contributed by atoms with Crippen molar-refractivity contribution in [1.82, 2.24) is 9.80 Å². The van der Waals surface area contributed by atoms with Crippen molar-refractivity contribution < 1.29 is 18.4 Å². The molecule has 126 valence electrons. The molecule has 2 amide bonds. The van der Waals surface area contributed by atoms with Crippen molar-refractivity contribution >= 4 is 17.5 Å². The maximum atomic E-state index is 13.5. The fraction of sp³-hybridized carbons (Fsp3) is 0.500. The number of amides is 2. The number of halogens is 2. The van der Waals surface area contributed by atoms with E-state index in [9.17, 15) is 18.4 Å². The largest absolute Gasteiger partial charge is 0.340 e. The maximum absolute atomic E-state index is 13.5. The topological polar surface area (TPSA) is 52.7 Å². The molecule has 0 aliphatic carbocycles. The number of hydrogen-bond acceptors (Lipinski definition) is 3. The molecule has 1 saturated heterocycles. The highest BCUT2D eigenvalue weighted by atomic mass is 19.1. The first kappa shape index (κ1) is 17.3. The minimum Gasteiger partial charge on any atom is -0.340 e. The van der Waals surface area contributed by atoms with Crippen molar-refractivity contribution in [2.24, 2.45) is 5.92 Å². The molecule has 0 unspecified atom stereocenters. The highest BCUT2D eigenvalue weighted by molar-refractivity contribution is 5.92. The van der Waals surface area contributed by atoms with E-state index >= 15 is 0 Å². The fourth-order valence-corrected chi connectivity index (χ4v) is 2.48. The predicted octanol–water partition coefficient (Wildman–Crippen LogP) is 1.70. The van der Waals surface area contributed by atoms with Crippen LogP contribution in [0.2, 0.25) is 0 Å². The van der Waals surface area contributed by atoms with E-state index in [1.807, 2.05) is 18.7 Å². The van der Waals surface area contributed by atoms with Crippen LogP contribution in [0.25, 0.3) is 0 Å². The Hall–Kier alpha value is -2.02. The average Bonchev–Trinajstić information content (AvgIpc) is 2.51. The summed E-state index contributed by atoms with van der Waals surface area (Å²) < 4.78 is 26.6. The molecule has 23 heavy (non-hydrogen) atoms. The molecule has 1 N–H and O–H groups in total. The van der Waals surface area contributed by atoms with E-state index in [1.165, 1.54) is 0 Å². The van der Waals surface area contributed by atoms with Gasteiger partial charge in [-0.25, -0.2) is 8.78 Å². The van der Waals surface area contributed by atoms with Gasteiger partial charge in [-0.15, -0.1) is 0 Å². The SMILES string of the molecule is CC(C)C(=O)N1CCN(CC(=O)Nc2cc(F)ccc2F)CC1. The third-order valence-corrected chi connectivity index (χ3v) is 3.75. The van der Waals surface area contributed by atoms with Crippen LogP contribution in [0.15, 0.2) is 18.2 Å². The van der Waals surface area contributed by atoms with Crippen LogP contribution < -0.4 is 5.32 Å². The first-order valence-electron chi connectivity index (χ1n) is 7.63. The zero-order valence-corrected chi connectivity index (χ0v) is 13.3. The highest BCUT2D eigenvalue weighted by Crippen LogP contribution is 2.15. The second-order valence-corrected chi connectivity index (χ2v) is 5.93. The Labute approximate surface area is 134 Å². The lowest BCUT2D eigenvalue weighted by Crippen LogP contribution is -2.51. The van der Waals surface area contributed by atoms with Crippen LogP contribution in [0.3, 0.4) is 0 Å². The standard InChI is InChI=1S/C16H21F2N3O2/c1-11(2)16(23)21-7-5-20(6-8-21)10-15(22)19-14-9-12(17)3-4-13(14)18/h3-4,9,11H,5-8,10H2,1-2H3,(H,19,22). The van der Waals surface area contributed by atoms with Gasteiger partial charge in [0.2, 0.25) is 11.8 Å². The highest BCUT2D eigenvalue weighted by Gasteiger charge is 2.24. The lowest BCUT2D eigenvalue weighted by molar-refractivity contribution is -0.136. The van der Waals surface area contributed by atoms with Gasteiger partial charge in [0.15, 0.2) is 0 Å². The van der Waals surface area contributed by atoms with Gasteiger partial charge in [0, 0.05) is 38.2 Å². The maximum Gasteiger partial charge on any atom is 0.238 e. The zero-order chi connectivity index (χ0) is 17.0. The summed E-state index contributed by atoms with van der Waals surface area (Å²) in [6.07, 6.45) is 0. The van der Waals surface area contributed by atoms with E-state index in [4.69, 9.17) is 0 Å². The summed E-state index contributed by atoms with van der Waals surface area (Å²) in [5, 5.41) is 2.37. The second kappa shape index (κ2) is 7.50. The van der Waals surface area contributed by atoms with E-state index < -0.39 is 17.5 Å². The van der Waals surface area contributed by atoms with E-state index in [1.54, 1.807) is 4.90 Å². The Kier molecular flexibility index (Phi) is 5.65. The number of anilines is 1. The molecule has 2 rings (SSSR count). The van der Waals surface area contributed by atoms with Crippen LogP contribution in [0.5, 0.6) is 0 Å². The Morgan fingerprint density at radius 3 is 2.43 bits per heavy atom. The Morgan fingerprint density at radius 2 is 1.83 bits per heavy atom. The van der Waals surface area contributed by atoms with Crippen LogP contribution >= 0.6 is 0 Å². The number of nitrogens with zero attached hydrogens (tertiary/aromatic N) is 2. The smallest absolute Gasteiger partial charge is 0.238 e. The molecule has 1 aromatic rings. The molecule has 0 aromatic heterocycles. The number of nitrogens with one attached hydrogen (secondary N) is 1. The van der Waals surface area contributed by atoms with E-state index in [2.05, 4.69) is 5.32 Å². The molecule has 0 bridgehead atoms. The molecule has 0 atom stereocenters. The number of carbonyl (C=O) groups excluding carboxylic acids is 2. The van der Waals surface area contributed by atoms with Gasteiger partial charge >= 0.3 is 0 Å². The van der Waals surface area contributed by atoms with Gasteiger partial charge < -0.3 is 10.2 Å². The van der Waals surface area contributed by atoms with E-state index in [0.717, 1.165) is 18.2 Å². The normalized spacial score (nSPS) is 15.8. The average molecular weight is 325 g/mol. The van der Waals surface area contributed by atoms with Crippen LogP contribution in [0, 0.1) is 17.6 Å². The van der Waals surface area contributed by atoms with Crippen molar-refractivity contribution in [2.45, 2.75) is 13.8 Å². The molecule has 1 heterocycles. The summed E-state index contributed by atoms with van der Waals surface area (Å²) in [5.74, 6) is -1.62. The minimum absolute atomic E-state index is 0.0409. The van der Waals surface area contributed by atoms with Crippen molar-refractivity contribution in [3.63, 3.8) is 0 Å². The van der Waals surface area contributed by atoms with E-state index in [0.29, 0.717) is 26.2 Å². The second-order valence-electron chi connectivity index (χ2n) is 5.93. The third kappa shape index (κ3) is 4.72. The quantitative estimate of drug-likeness (QED) is 0.917. The van der Waals surface area contributed by atoms with Crippen molar-refractivity contribution in [3.8, 4) is 0 Å². The van der Waals surface area contributed by atoms with Crippen molar-refractivity contribution in [3.05, 3.63) is 29.8 Å². The molecule has 0 radical (unpaired) electrons. The Bertz CT molecular complexity index is 585. The molecular formula is C16H21F2N3O2. The zero-order valence-electron chi connectivity index (χ0n) is 13.3. The monoisotopic (exact) mass is 325 g/mol. The molecule has 0 spiro atoms. The molecular weight excluding hydrogens is 304 g/mol. The third-order valence-electron chi connectivity index (χ3n) is 3.75. The molecule has 1 aliphatic heterocycles. The summed E-state index contributed by atoms with van der Waals surface area (Å²) in [7, 11) is 0. The van der Waals surface area contributed by atoms with Crippen LogP contribution in [0.4, 0.5) is 14.5 Å². The summed E-state index contributed by atoms with van der Waals surface area (Å²) >= 11 is 0. The van der Waals surface area contributed by atoms with Crippen molar-refractivity contribution in [2.75, 3.05) is 38.0 Å². The number of benzene rings is 1. The van der Waals surface area contributed by atoms with Gasteiger partial charge in [-0.2, -0.15) is 0 Å². The number of hydrogen-bond donors (Lipinski definition) is 1. The molecule has 7 heteroatoms. The van der Waals surface area contributed by atoms with Crippen LogP contribution in [0.1, 0.15) is 13.8 Å². The summed E-state index contributed by atoms with van der Waals surface area (Å²) in [4.78, 5) is 27.5. The molecule has 1 aliphatic rings. The lowest BCUT2D eigenvalue weighted by atomic mass is 10.1. The first-order chi connectivity index (χ1) is 10.9. The Morgan fingerprint density at radius 1 is 1.17 bits per heavy atom.